The van der Waals surface area contributed by atoms with Crippen molar-refractivity contribution in [2.75, 3.05) is 6.54 Å². The summed E-state index contributed by atoms with van der Waals surface area (Å²) in [6.07, 6.45) is 4.80. The molecule has 1 unspecified atom stereocenters. The minimum Gasteiger partial charge on any atom is -0.310 e. The second-order valence-electron chi connectivity index (χ2n) is 7.07. The highest BCUT2D eigenvalue weighted by Gasteiger charge is 2.31. The van der Waals surface area contributed by atoms with Crippen LogP contribution in [0.3, 0.4) is 0 Å². The van der Waals surface area contributed by atoms with E-state index < -0.39 is 0 Å². The predicted molar refractivity (Wildman–Crippen MR) is 88.7 cm³/mol. The SMILES string of the molecule is CCCNC1CC(C)(C)CCc2c(C)cc(Cl)c(C)c21. The van der Waals surface area contributed by atoms with Gasteiger partial charge in [-0.15, -0.1) is 0 Å². The zero-order valence-electron chi connectivity index (χ0n) is 13.6. The number of nitrogens with one attached hydrogen (secondary N) is 1. The molecule has 2 heteroatoms. The molecule has 0 bridgehead atoms. The van der Waals surface area contributed by atoms with E-state index in [1.807, 2.05) is 0 Å². The first-order chi connectivity index (χ1) is 9.35. The van der Waals surface area contributed by atoms with Gasteiger partial charge in [0.2, 0.25) is 0 Å². The Labute approximate surface area is 129 Å². The lowest BCUT2D eigenvalue weighted by Crippen LogP contribution is -2.27. The summed E-state index contributed by atoms with van der Waals surface area (Å²) in [5.74, 6) is 0. The Bertz CT molecular complexity index is 491. The molecular weight excluding hydrogens is 266 g/mol. The first-order valence-electron chi connectivity index (χ1n) is 7.87. The summed E-state index contributed by atoms with van der Waals surface area (Å²) in [7, 11) is 0. The van der Waals surface area contributed by atoms with Gasteiger partial charge in [0.1, 0.15) is 0 Å². The molecule has 1 aliphatic rings. The highest BCUT2D eigenvalue weighted by molar-refractivity contribution is 6.31. The van der Waals surface area contributed by atoms with Crippen LogP contribution < -0.4 is 5.32 Å². The highest BCUT2D eigenvalue weighted by atomic mass is 35.5. The molecular formula is C18H28ClN. The van der Waals surface area contributed by atoms with Crippen molar-refractivity contribution in [1.82, 2.24) is 5.32 Å². The molecule has 112 valence electrons. The molecule has 0 saturated carbocycles. The van der Waals surface area contributed by atoms with Crippen molar-refractivity contribution < 1.29 is 0 Å². The first-order valence-corrected chi connectivity index (χ1v) is 8.25. The van der Waals surface area contributed by atoms with Crippen molar-refractivity contribution in [3.8, 4) is 0 Å². The quantitative estimate of drug-likeness (QED) is 0.740. The average Bonchev–Trinajstić information content (AvgIpc) is 2.50. The maximum Gasteiger partial charge on any atom is 0.0441 e. The number of aryl methyl sites for hydroxylation is 1. The predicted octanol–water partition coefficient (Wildman–Crippen LogP) is 5.36. The van der Waals surface area contributed by atoms with Crippen LogP contribution >= 0.6 is 11.6 Å². The van der Waals surface area contributed by atoms with Crippen LogP contribution in [0.2, 0.25) is 5.02 Å². The van der Waals surface area contributed by atoms with E-state index in [-0.39, 0.29) is 0 Å². The summed E-state index contributed by atoms with van der Waals surface area (Å²) in [4.78, 5) is 0. The molecule has 1 aliphatic carbocycles. The van der Waals surface area contributed by atoms with Crippen LogP contribution in [0.25, 0.3) is 0 Å². The fraction of sp³-hybridized carbons (Fsp3) is 0.667. The molecule has 0 amide bonds. The maximum atomic E-state index is 6.45. The van der Waals surface area contributed by atoms with Gasteiger partial charge in [-0.25, -0.2) is 0 Å². The summed E-state index contributed by atoms with van der Waals surface area (Å²) in [5, 5.41) is 4.68. The summed E-state index contributed by atoms with van der Waals surface area (Å²) in [5.41, 5.74) is 6.03. The molecule has 1 atom stereocenters. The van der Waals surface area contributed by atoms with Gasteiger partial charge in [0.15, 0.2) is 0 Å². The number of hydrogen-bond donors (Lipinski definition) is 1. The van der Waals surface area contributed by atoms with Gasteiger partial charge in [-0.3, -0.25) is 0 Å². The molecule has 20 heavy (non-hydrogen) atoms. The van der Waals surface area contributed by atoms with Crippen molar-refractivity contribution in [3.63, 3.8) is 0 Å². The second kappa shape index (κ2) is 6.07. The molecule has 1 nitrogen and oxygen atoms in total. The maximum absolute atomic E-state index is 6.45. The Morgan fingerprint density at radius 1 is 1.35 bits per heavy atom. The van der Waals surface area contributed by atoms with E-state index >= 15 is 0 Å². The first kappa shape index (κ1) is 15.9. The van der Waals surface area contributed by atoms with Crippen LogP contribution in [-0.2, 0) is 6.42 Å². The average molecular weight is 294 g/mol. The Morgan fingerprint density at radius 3 is 2.70 bits per heavy atom. The second-order valence-corrected chi connectivity index (χ2v) is 7.47. The van der Waals surface area contributed by atoms with Gasteiger partial charge in [0, 0.05) is 11.1 Å². The third kappa shape index (κ3) is 3.20. The van der Waals surface area contributed by atoms with Crippen molar-refractivity contribution in [2.24, 2.45) is 5.41 Å². The van der Waals surface area contributed by atoms with Gasteiger partial charge in [-0.1, -0.05) is 32.4 Å². The van der Waals surface area contributed by atoms with E-state index in [4.69, 9.17) is 11.6 Å². The summed E-state index contributed by atoms with van der Waals surface area (Å²) >= 11 is 6.45. The molecule has 0 fully saturated rings. The molecule has 0 spiro atoms. The highest BCUT2D eigenvalue weighted by Crippen LogP contribution is 2.43. The number of benzene rings is 1. The molecule has 0 aromatic heterocycles. The summed E-state index contributed by atoms with van der Waals surface area (Å²) in [6.45, 7) is 12.5. The third-order valence-corrected chi connectivity index (χ3v) is 5.10. The summed E-state index contributed by atoms with van der Waals surface area (Å²) in [6, 6.07) is 2.59. The van der Waals surface area contributed by atoms with Crippen LogP contribution in [0.5, 0.6) is 0 Å². The van der Waals surface area contributed by atoms with Crippen molar-refractivity contribution in [2.45, 2.75) is 66.3 Å². The minimum absolute atomic E-state index is 0.385. The van der Waals surface area contributed by atoms with E-state index in [0.29, 0.717) is 11.5 Å². The van der Waals surface area contributed by atoms with Gasteiger partial charge in [-0.05, 0) is 79.8 Å². The molecule has 1 N–H and O–H groups in total. The lowest BCUT2D eigenvalue weighted by atomic mass is 9.82. The molecule has 0 radical (unpaired) electrons. The third-order valence-electron chi connectivity index (χ3n) is 4.70. The number of rotatable bonds is 3. The van der Waals surface area contributed by atoms with Crippen molar-refractivity contribution in [1.29, 1.82) is 0 Å². The molecule has 0 aliphatic heterocycles. The Morgan fingerprint density at radius 2 is 2.05 bits per heavy atom. The lowest BCUT2D eigenvalue weighted by Gasteiger charge is -2.29. The number of hydrogen-bond acceptors (Lipinski definition) is 1. The van der Waals surface area contributed by atoms with E-state index in [2.05, 4.69) is 46.0 Å². The fourth-order valence-electron chi connectivity index (χ4n) is 3.47. The zero-order chi connectivity index (χ0) is 14.9. The largest absolute Gasteiger partial charge is 0.310 e. The van der Waals surface area contributed by atoms with E-state index in [0.717, 1.165) is 11.6 Å². The Balaban J connectivity index is 2.51. The molecule has 0 heterocycles. The number of fused-ring (bicyclic) bond motifs is 1. The van der Waals surface area contributed by atoms with Crippen LogP contribution in [0.1, 0.15) is 68.3 Å². The van der Waals surface area contributed by atoms with E-state index in [1.54, 1.807) is 0 Å². The van der Waals surface area contributed by atoms with Gasteiger partial charge in [-0.2, -0.15) is 0 Å². The Hall–Kier alpha value is -0.530. The van der Waals surface area contributed by atoms with Gasteiger partial charge in [0.05, 0.1) is 0 Å². The topological polar surface area (TPSA) is 12.0 Å². The monoisotopic (exact) mass is 293 g/mol. The molecule has 1 aromatic carbocycles. The van der Waals surface area contributed by atoms with Gasteiger partial charge < -0.3 is 5.32 Å². The van der Waals surface area contributed by atoms with Crippen molar-refractivity contribution >= 4 is 11.6 Å². The zero-order valence-corrected chi connectivity index (χ0v) is 14.3. The van der Waals surface area contributed by atoms with E-state index in [1.165, 1.54) is 47.9 Å². The van der Waals surface area contributed by atoms with Crippen LogP contribution in [0, 0.1) is 19.3 Å². The smallest absolute Gasteiger partial charge is 0.0441 e. The fourth-order valence-corrected chi connectivity index (χ4v) is 3.73. The van der Waals surface area contributed by atoms with Gasteiger partial charge >= 0.3 is 0 Å². The summed E-state index contributed by atoms with van der Waals surface area (Å²) < 4.78 is 0. The standard InChI is InChI=1S/C18H28ClN/c1-6-9-20-16-11-18(4,5)8-7-14-12(2)10-15(19)13(3)17(14)16/h10,16,20H,6-9,11H2,1-5H3. The number of halogens is 1. The molecule has 2 rings (SSSR count). The van der Waals surface area contributed by atoms with Crippen molar-refractivity contribution in [3.05, 3.63) is 33.3 Å². The normalized spacial score (nSPS) is 21.4. The minimum atomic E-state index is 0.385. The molecule has 0 saturated heterocycles. The van der Waals surface area contributed by atoms with E-state index in [9.17, 15) is 0 Å². The van der Waals surface area contributed by atoms with Crippen LogP contribution in [0.4, 0.5) is 0 Å². The molecule has 1 aromatic rings. The van der Waals surface area contributed by atoms with Crippen LogP contribution in [-0.4, -0.2) is 6.54 Å². The van der Waals surface area contributed by atoms with Crippen LogP contribution in [0.15, 0.2) is 6.07 Å². The Kier molecular flexibility index (Phi) is 4.81. The lowest BCUT2D eigenvalue weighted by molar-refractivity contribution is 0.273. The van der Waals surface area contributed by atoms with Gasteiger partial charge in [0.25, 0.3) is 0 Å².